The molecule has 1 nitrogen and oxygen atoms in total. The first-order valence-corrected chi connectivity index (χ1v) is 5.78. The summed E-state index contributed by atoms with van der Waals surface area (Å²) in [6.07, 6.45) is 0.887. The van der Waals surface area contributed by atoms with Gasteiger partial charge in [-0.25, -0.2) is 0 Å². The van der Waals surface area contributed by atoms with Gasteiger partial charge in [0.05, 0.1) is 12.4 Å². The van der Waals surface area contributed by atoms with Crippen LogP contribution in [0.1, 0.15) is 25.8 Å². The van der Waals surface area contributed by atoms with Crippen LogP contribution in [0.4, 0.5) is 12.9 Å². The van der Waals surface area contributed by atoms with E-state index in [4.69, 9.17) is 4.74 Å². The normalized spacial score (nSPS) is 13.5. The zero-order valence-electron chi connectivity index (χ0n) is 10.3. The monoisotopic (exact) mass is 245 g/mol. The van der Waals surface area contributed by atoms with E-state index in [-0.39, 0.29) is 11.7 Å². The molecule has 1 rings (SSSR count). The summed E-state index contributed by atoms with van der Waals surface area (Å²) in [4.78, 5) is 0. The Hall–Kier alpha value is -1.13. The first-order valence-electron chi connectivity index (χ1n) is 5.78. The van der Waals surface area contributed by atoms with Gasteiger partial charge in [0.25, 0.3) is 0 Å². The van der Waals surface area contributed by atoms with E-state index in [1.165, 1.54) is 6.07 Å². The van der Waals surface area contributed by atoms with E-state index in [0.29, 0.717) is 12.2 Å². The Bertz CT molecular complexity index is 377. The number of benzene rings is 1. The van der Waals surface area contributed by atoms with E-state index in [0.717, 1.165) is 12.5 Å². The lowest BCUT2D eigenvalue weighted by atomic mass is 9.78. The molecule has 17 heavy (non-hydrogen) atoms. The van der Waals surface area contributed by atoms with E-state index in [1.807, 2.05) is 13.8 Å². The second-order valence-electron chi connectivity index (χ2n) is 4.44. The summed E-state index contributed by atoms with van der Waals surface area (Å²) in [5.41, 5.74) is -0.0385. The minimum absolute atomic E-state index is 0.0524. The third-order valence-electron chi connectivity index (χ3n) is 2.74. The van der Waals surface area contributed by atoms with E-state index >= 15 is 0 Å². The minimum Gasteiger partial charge on any atom is -0.496 e. The molecule has 1 aromatic rings. The number of hydrogen-bond acceptors (Lipinski definition) is 1. The predicted octanol–water partition coefficient (Wildman–Crippen LogP) is 3.47. The predicted molar refractivity (Wildman–Crippen MR) is 64.8 cm³/mol. The number of ether oxygens (including phenoxy) is 1. The molecule has 0 amide bonds. The summed E-state index contributed by atoms with van der Waals surface area (Å²) >= 11 is 0. The zero-order chi connectivity index (χ0) is 13.1. The molecular weight excluding hydrogens is 228 g/mol. The van der Waals surface area contributed by atoms with Crippen LogP contribution in [0.5, 0.6) is 5.75 Å². The highest BCUT2D eigenvalue weighted by molar-refractivity contribution is 6.74. The molecule has 0 saturated heterocycles. The largest absolute Gasteiger partial charge is 0.513 e. The van der Waals surface area contributed by atoms with Crippen molar-refractivity contribution >= 4 is 12.4 Å². The van der Waals surface area contributed by atoms with Crippen LogP contribution in [0.2, 0.25) is 0 Å². The van der Waals surface area contributed by atoms with Gasteiger partial charge >= 0.3 is 6.98 Å². The number of aryl methyl sites for hydroxylation is 1. The van der Waals surface area contributed by atoms with Crippen molar-refractivity contribution in [3.63, 3.8) is 0 Å². The first-order chi connectivity index (χ1) is 7.84. The molecule has 0 aliphatic heterocycles. The molecule has 0 aliphatic rings. The number of hydrogen-bond donors (Lipinski definition) is 0. The summed E-state index contributed by atoms with van der Waals surface area (Å²) < 4.78 is 43.7. The fraction of sp³-hybridized carbons (Fsp3) is 0.500. The van der Waals surface area contributed by atoms with Crippen LogP contribution in [0.3, 0.4) is 0 Å². The van der Waals surface area contributed by atoms with Gasteiger partial charge < -0.3 is 17.7 Å². The Kier molecular flexibility index (Phi) is 4.49. The zero-order valence-corrected chi connectivity index (χ0v) is 10.3. The molecule has 0 fully saturated rings. The maximum absolute atomic E-state index is 12.8. The van der Waals surface area contributed by atoms with E-state index in [2.05, 4.69) is 0 Å². The highest BCUT2D eigenvalue weighted by atomic mass is 19.4. The lowest BCUT2D eigenvalue weighted by Gasteiger charge is -2.21. The standard InChI is InChI=1S/C12H17BF3O/c1-4-9(2)8-17-12-6-5-10(3)7-11(12)13(14,15)16/h5-7,9H,4,8H2,1-3H3/q-1. The smallest absolute Gasteiger partial charge is 0.496 e. The number of halogens is 3. The van der Waals surface area contributed by atoms with Crippen molar-refractivity contribution in [1.82, 2.24) is 0 Å². The van der Waals surface area contributed by atoms with Crippen LogP contribution >= 0.6 is 0 Å². The topological polar surface area (TPSA) is 9.23 Å². The molecule has 96 valence electrons. The van der Waals surface area contributed by atoms with Crippen molar-refractivity contribution < 1.29 is 17.7 Å². The highest BCUT2D eigenvalue weighted by Crippen LogP contribution is 2.19. The van der Waals surface area contributed by atoms with Crippen molar-refractivity contribution in [1.29, 1.82) is 0 Å². The molecule has 0 heterocycles. The van der Waals surface area contributed by atoms with Crippen LogP contribution in [-0.4, -0.2) is 13.6 Å². The maximum Gasteiger partial charge on any atom is 0.513 e. The van der Waals surface area contributed by atoms with Gasteiger partial charge in [-0.15, -0.1) is 0 Å². The van der Waals surface area contributed by atoms with Crippen LogP contribution < -0.4 is 10.2 Å². The molecule has 0 radical (unpaired) electrons. The fourth-order valence-electron chi connectivity index (χ4n) is 1.41. The molecule has 0 bridgehead atoms. The molecule has 0 aliphatic carbocycles. The Morgan fingerprint density at radius 2 is 1.94 bits per heavy atom. The molecule has 0 N–H and O–H groups in total. The molecule has 1 aromatic carbocycles. The number of rotatable bonds is 5. The average Bonchev–Trinajstić information content (AvgIpc) is 2.25. The van der Waals surface area contributed by atoms with Crippen molar-refractivity contribution in [3.8, 4) is 5.75 Å². The lowest BCUT2D eigenvalue weighted by molar-refractivity contribution is 0.257. The third-order valence-corrected chi connectivity index (χ3v) is 2.74. The average molecular weight is 245 g/mol. The SMILES string of the molecule is CCC(C)COc1ccc(C)cc1[B-](F)(F)F. The Morgan fingerprint density at radius 3 is 2.47 bits per heavy atom. The van der Waals surface area contributed by atoms with Crippen molar-refractivity contribution in [2.75, 3.05) is 6.61 Å². The quantitative estimate of drug-likeness (QED) is 0.721. The molecular formula is C12H17BF3O-. The second kappa shape index (κ2) is 5.47. The van der Waals surface area contributed by atoms with Gasteiger partial charge in [-0.3, -0.25) is 0 Å². The van der Waals surface area contributed by atoms with Gasteiger partial charge in [-0.05, 0) is 18.9 Å². The van der Waals surface area contributed by atoms with E-state index in [9.17, 15) is 12.9 Å². The highest BCUT2D eigenvalue weighted by Gasteiger charge is 2.29. The third kappa shape index (κ3) is 3.98. The molecule has 0 aromatic heterocycles. The van der Waals surface area contributed by atoms with Crippen LogP contribution in [0.25, 0.3) is 0 Å². The van der Waals surface area contributed by atoms with Gasteiger partial charge in [-0.2, -0.15) is 0 Å². The van der Waals surface area contributed by atoms with Crippen LogP contribution in [-0.2, 0) is 0 Å². The second-order valence-corrected chi connectivity index (χ2v) is 4.44. The van der Waals surface area contributed by atoms with E-state index < -0.39 is 12.4 Å². The van der Waals surface area contributed by atoms with Crippen molar-refractivity contribution in [2.24, 2.45) is 5.92 Å². The summed E-state index contributed by atoms with van der Waals surface area (Å²) in [7, 11) is 0. The van der Waals surface area contributed by atoms with Gasteiger partial charge in [0.2, 0.25) is 0 Å². The summed E-state index contributed by atoms with van der Waals surface area (Å²) in [6, 6.07) is 4.19. The Morgan fingerprint density at radius 1 is 1.29 bits per heavy atom. The Balaban J connectivity index is 2.91. The molecule has 0 saturated carbocycles. The fourth-order valence-corrected chi connectivity index (χ4v) is 1.41. The summed E-state index contributed by atoms with van der Waals surface area (Å²) in [6.45, 7) is 0.878. The van der Waals surface area contributed by atoms with E-state index in [1.54, 1.807) is 13.0 Å². The molecule has 1 unspecified atom stereocenters. The van der Waals surface area contributed by atoms with Crippen LogP contribution in [0.15, 0.2) is 18.2 Å². The van der Waals surface area contributed by atoms with Crippen LogP contribution in [0, 0.1) is 12.8 Å². The summed E-state index contributed by atoms with van der Waals surface area (Å²) in [5.74, 6) is 0.202. The van der Waals surface area contributed by atoms with Gasteiger partial charge in [0, 0.05) is 0 Å². The molecule has 1 atom stereocenters. The molecule has 5 heteroatoms. The molecule has 0 spiro atoms. The minimum atomic E-state index is -5.02. The summed E-state index contributed by atoms with van der Waals surface area (Å²) in [5, 5.41) is 0. The van der Waals surface area contributed by atoms with Gasteiger partial charge in [-0.1, -0.05) is 43.4 Å². The van der Waals surface area contributed by atoms with Gasteiger partial charge in [0.1, 0.15) is 0 Å². The Labute approximate surface area is 100 Å². The van der Waals surface area contributed by atoms with Gasteiger partial charge in [0.15, 0.2) is 0 Å². The van der Waals surface area contributed by atoms with Crippen molar-refractivity contribution in [2.45, 2.75) is 27.2 Å². The van der Waals surface area contributed by atoms with Crippen molar-refractivity contribution in [3.05, 3.63) is 23.8 Å². The first kappa shape index (κ1) is 13.9. The maximum atomic E-state index is 12.8. The lowest BCUT2D eigenvalue weighted by Crippen LogP contribution is -2.36.